The maximum Gasteiger partial charge on any atom is 0.268 e. The summed E-state index contributed by atoms with van der Waals surface area (Å²) in [6, 6.07) is 4.57. The molecule has 0 aliphatic carbocycles. The van der Waals surface area contributed by atoms with E-state index in [1.807, 2.05) is 0 Å². The lowest BCUT2D eigenvalue weighted by Crippen LogP contribution is -2.31. The summed E-state index contributed by atoms with van der Waals surface area (Å²) in [5.41, 5.74) is 0.0943. The van der Waals surface area contributed by atoms with Gasteiger partial charge in [0, 0.05) is 0 Å². The first-order chi connectivity index (χ1) is 9.40. The molecule has 0 fully saturated rings. The van der Waals surface area contributed by atoms with Crippen molar-refractivity contribution in [3.63, 3.8) is 0 Å². The van der Waals surface area contributed by atoms with Gasteiger partial charge in [0.2, 0.25) is 5.95 Å². The van der Waals surface area contributed by atoms with Crippen LogP contribution in [0, 0.1) is 15.9 Å². The minimum Gasteiger partial charge on any atom is -0.329 e. The summed E-state index contributed by atoms with van der Waals surface area (Å²) in [6.45, 7) is 1.20. The maximum absolute atomic E-state index is 13.8. The molecule has 1 atom stereocenters. The van der Waals surface area contributed by atoms with E-state index >= 15 is 0 Å². The second-order valence-corrected chi connectivity index (χ2v) is 4.39. The molecule has 7 heteroatoms. The molecule has 1 aromatic rings. The number of hydrogen-bond acceptors (Lipinski definition) is 3. The minimum absolute atomic E-state index is 0.356. The van der Waals surface area contributed by atoms with Crippen LogP contribution in [0.2, 0.25) is 0 Å². The first-order valence-corrected chi connectivity index (χ1v) is 5.82. The average molecular weight is 284 g/mol. The quantitative estimate of drug-likeness (QED) is 0.485. The van der Waals surface area contributed by atoms with Crippen LogP contribution in [-0.4, -0.2) is 16.4 Å². The van der Waals surface area contributed by atoms with Gasteiger partial charge in [0.15, 0.2) is 5.83 Å². The van der Waals surface area contributed by atoms with Gasteiger partial charge in [0.05, 0.1) is 17.0 Å². The number of rotatable bonds is 3. The van der Waals surface area contributed by atoms with Crippen LogP contribution in [0.1, 0.15) is 18.5 Å². The highest BCUT2D eigenvalue weighted by Crippen LogP contribution is 2.31. The molecule has 20 heavy (non-hydrogen) atoms. The average Bonchev–Trinajstić information content (AvgIpc) is 2.41. The smallest absolute Gasteiger partial charge is 0.268 e. The largest absolute Gasteiger partial charge is 0.329 e. The first-order valence-electron chi connectivity index (χ1n) is 5.82. The van der Waals surface area contributed by atoms with Gasteiger partial charge in [-0.05, 0) is 24.6 Å². The second kappa shape index (κ2) is 5.36. The summed E-state index contributed by atoms with van der Waals surface area (Å²) in [7, 11) is 0. The summed E-state index contributed by atoms with van der Waals surface area (Å²) in [5.74, 6) is -2.89. The van der Waals surface area contributed by atoms with Gasteiger partial charge in [-0.15, -0.1) is 0 Å². The maximum atomic E-state index is 13.8. The Hall–Kier alpha value is -2.31. The van der Waals surface area contributed by atoms with E-state index in [9.17, 15) is 23.3 Å². The lowest BCUT2D eigenvalue weighted by atomic mass is 10.1. The zero-order valence-corrected chi connectivity index (χ0v) is 10.5. The molecule has 1 aromatic carbocycles. The van der Waals surface area contributed by atoms with Crippen LogP contribution in [0.5, 0.6) is 0 Å². The number of allylic oxidation sites excluding steroid dienone is 2. The third-order valence-electron chi connectivity index (χ3n) is 3.13. The Morgan fingerprint density at radius 2 is 1.85 bits per heavy atom. The molecule has 106 valence electrons. The fourth-order valence-corrected chi connectivity index (χ4v) is 1.97. The van der Waals surface area contributed by atoms with E-state index < -0.39 is 34.3 Å². The summed E-state index contributed by atoms with van der Waals surface area (Å²) < 4.78 is 40.0. The van der Waals surface area contributed by atoms with Crippen molar-refractivity contribution in [3.05, 3.63) is 69.3 Å². The van der Waals surface area contributed by atoms with Gasteiger partial charge in [-0.1, -0.05) is 12.1 Å². The molecule has 1 heterocycles. The van der Waals surface area contributed by atoms with Gasteiger partial charge in [-0.2, -0.15) is 4.39 Å². The lowest BCUT2D eigenvalue weighted by Gasteiger charge is -2.30. The van der Waals surface area contributed by atoms with Crippen molar-refractivity contribution in [1.82, 2.24) is 4.90 Å². The van der Waals surface area contributed by atoms with Gasteiger partial charge < -0.3 is 4.90 Å². The Bertz CT molecular complexity index is 596. The standard InChI is InChI=1S/C13H11F3N2O2/c1-8(9-2-4-10(14)5-3-9)17-7-11(18(19)20)6-12(15)13(17)16/h2-6,8H,7H2,1H3/t8-/m0/s1. The molecule has 0 bridgehead atoms. The summed E-state index contributed by atoms with van der Waals surface area (Å²) >= 11 is 0. The van der Waals surface area contributed by atoms with E-state index in [2.05, 4.69) is 0 Å². The molecular formula is C13H11F3N2O2. The van der Waals surface area contributed by atoms with Crippen molar-refractivity contribution in [2.24, 2.45) is 0 Å². The number of nitro groups is 1. The predicted molar refractivity (Wildman–Crippen MR) is 65.8 cm³/mol. The predicted octanol–water partition coefficient (Wildman–Crippen LogP) is 3.47. The second-order valence-electron chi connectivity index (χ2n) is 4.39. The van der Waals surface area contributed by atoms with E-state index in [4.69, 9.17) is 0 Å². The molecule has 1 aliphatic rings. The van der Waals surface area contributed by atoms with Gasteiger partial charge in [-0.3, -0.25) is 10.1 Å². The normalized spacial score (nSPS) is 17.0. The molecular weight excluding hydrogens is 273 g/mol. The fourth-order valence-electron chi connectivity index (χ4n) is 1.97. The van der Waals surface area contributed by atoms with Crippen molar-refractivity contribution in [1.29, 1.82) is 0 Å². The molecule has 2 rings (SSSR count). The molecule has 0 amide bonds. The summed E-state index contributed by atoms with van der Waals surface area (Å²) in [5, 5.41) is 10.7. The van der Waals surface area contributed by atoms with Crippen LogP contribution in [-0.2, 0) is 0 Å². The number of halogens is 3. The monoisotopic (exact) mass is 284 g/mol. The SMILES string of the molecule is C[C@@H](c1ccc(F)cc1)N1CC([N+](=O)[O-])=CC(F)=C1F. The zero-order valence-electron chi connectivity index (χ0n) is 10.5. The fraction of sp³-hybridized carbons (Fsp3) is 0.231. The molecule has 4 nitrogen and oxygen atoms in total. The molecule has 0 N–H and O–H groups in total. The molecule has 0 radical (unpaired) electrons. The van der Waals surface area contributed by atoms with Crippen LogP contribution in [0.4, 0.5) is 13.2 Å². The van der Waals surface area contributed by atoms with Gasteiger partial charge >= 0.3 is 0 Å². The molecule has 0 aromatic heterocycles. The molecule has 0 spiro atoms. The Kier molecular flexibility index (Phi) is 3.78. The number of nitrogens with zero attached hydrogens (tertiary/aromatic N) is 2. The Balaban J connectivity index is 2.31. The Morgan fingerprint density at radius 3 is 2.40 bits per heavy atom. The van der Waals surface area contributed by atoms with Crippen LogP contribution in [0.3, 0.4) is 0 Å². The van der Waals surface area contributed by atoms with E-state index in [0.29, 0.717) is 11.6 Å². The van der Waals surface area contributed by atoms with Crippen LogP contribution < -0.4 is 0 Å². The minimum atomic E-state index is -1.28. The Labute approximate surface area is 113 Å². The third kappa shape index (κ3) is 2.66. The van der Waals surface area contributed by atoms with E-state index in [1.165, 1.54) is 24.3 Å². The number of benzene rings is 1. The Morgan fingerprint density at radius 1 is 1.25 bits per heavy atom. The molecule has 0 unspecified atom stereocenters. The van der Waals surface area contributed by atoms with E-state index in [0.717, 1.165) is 4.90 Å². The highest BCUT2D eigenvalue weighted by atomic mass is 19.2. The van der Waals surface area contributed by atoms with Crippen molar-refractivity contribution < 1.29 is 18.1 Å². The summed E-state index contributed by atoms with van der Waals surface area (Å²) in [6.07, 6.45) is 0.573. The van der Waals surface area contributed by atoms with Gasteiger partial charge in [0.25, 0.3) is 5.70 Å². The van der Waals surface area contributed by atoms with Gasteiger partial charge in [-0.25, -0.2) is 8.78 Å². The highest BCUT2D eigenvalue weighted by molar-refractivity contribution is 5.27. The highest BCUT2D eigenvalue weighted by Gasteiger charge is 2.31. The lowest BCUT2D eigenvalue weighted by molar-refractivity contribution is -0.428. The van der Waals surface area contributed by atoms with E-state index in [-0.39, 0.29) is 6.54 Å². The molecule has 0 saturated carbocycles. The van der Waals surface area contributed by atoms with Gasteiger partial charge in [0.1, 0.15) is 12.4 Å². The van der Waals surface area contributed by atoms with Crippen molar-refractivity contribution in [2.75, 3.05) is 6.54 Å². The number of hydrogen-bond donors (Lipinski definition) is 0. The zero-order chi connectivity index (χ0) is 14.9. The van der Waals surface area contributed by atoms with E-state index in [1.54, 1.807) is 6.92 Å². The molecule has 1 aliphatic heterocycles. The summed E-state index contributed by atoms with van der Waals surface area (Å²) in [4.78, 5) is 10.9. The van der Waals surface area contributed by atoms with Crippen LogP contribution >= 0.6 is 0 Å². The molecule has 0 saturated heterocycles. The topological polar surface area (TPSA) is 46.4 Å². The van der Waals surface area contributed by atoms with Crippen LogP contribution in [0.25, 0.3) is 0 Å². The van der Waals surface area contributed by atoms with Crippen molar-refractivity contribution in [2.45, 2.75) is 13.0 Å². The van der Waals surface area contributed by atoms with Crippen molar-refractivity contribution >= 4 is 0 Å². The third-order valence-corrected chi connectivity index (χ3v) is 3.13. The van der Waals surface area contributed by atoms with Crippen molar-refractivity contribution in [3.8, 4) is 0 Å². The first kappa shape index (κ1) is 14.1. The van der Waals surface area contributed by atoms with Crippen LogP contribution in [0.15, 0.2) is 47.8 Å².